The third-order valence-corrected chi connectivity index (χ3v) is 3.37. The van der Waals surface area contributed by atoms with Crippen LogP contribution in [0.4, 0.5) is 4.39 Å². The highest BCUT2D eigenvalue weighted by atomic mass is 19.1. The van der Waals surface area contributed by atoms with Gasteiger partial charge >= 0.3 is 0 Å². The van der Waals surface area contributed by atoms with Crippen LogP contribution in [0.25, 0.3) is 11.5 Å². The maximum atomic E-state index is 12.9. The van der Waals surface area contributed by atoms with Gasteiger partial charge in [0.25, 0.3) is 17.6 Å². The first-order valence-electron chi connectivity index (χ1n) is 7.09. The Bertz CT molecular complexity index is 800. The molecule has 1 N–H and O–H groups in total. The summed E-state index contributed by atoms with van der Waals surface area (Å²) in [6, 6.07) is 15.0. The van der Waals surface area contributed by atoms with E-state index in [-0.39, 0.29) is 23.6 Å². The molecule has 116 valence electrons. The van der Waals surface area contributed by atoms with Crippen molar-refractivity contribution in [2.45, 2.75) is 13.0 Å². The van der Waals surface area contributed by atoms with E-state index in [1.807, 2.05) is 37.3 Å². The van der Waals surface area contributed by atoms with Gasteiger partial charge in [-0.1, -0.05) is 35.5 Å². The minimum Gasteiger partial charge on any atom is -0.343 e. The van der Waals surface area contributed by atoms with E-state index in [0.717, 1.165) is 5.56 Å². The van der Waals surface area contributed by atoms with Crippen LogP contribution in [0.5, 0.6) is 0 Å². The van der Waals surface area contributed by atoms with Crippen LogP contribution in [0.2, 0.25) is 0 Å². The summed E-state index contributed by atoms with van der Waals surface area (Å²) in [5, 5.41) is 6.47. The van der Waals surface area contributed by atoms with Crippen molar-refractivity contribution in [3.05, 3.63) is 71.8 Å². The summed E-state index contributed by atoms with van der Waals surface area (Å²) in [6.07, 6.45) is 0. The first-order valence-corrected chi connectivity index (χ1v) is 7.09. The van der Waals surface area contributed by atoms with E-state index in [1.165, 1.54) is 24.3 Å². The molecule has 1 heterocycles. The van der Waals surface area contributed by atoms with Crippen molar-refractivity contribution in [3.8, 4) is 11.5 Å². The van der Waals surface area contributed by atoms with Crippen LogP contribution in [0.15, 0.2) is 59.1 Å². The highest BCUT2D eigenvalue weighted by Crippen LogP contribution is 2.18. The van der Waals surface area contributed by atoms with Crippen molar-refractivity contribution in [2.24, 2.45) is 0 Å². The number of benzene rings is 2. The predicted molar refractivity (Wildman–Crippen MR) is 82.0 cm³/mol. The van der Waals surface area contributed by atoms with E-state index in [2.05, 4.69) is 15.5 Å². The Hall–Kier alpha value is -3.02. The molecule has 0 bridgehead atoms. The Morgan fingerprint density at radius 1 is 1.13 bits per heavy atom. The van der Waals surface area contributed by atoms with Crippen molar-refractivity contribution in [3.63, 3.8) is 0 Å². The van der Waals surface area contributed by atoms with E-state index in [9.17, 15) is 9.18 Å². The number of amides is 1. The summed E-state index contributed by atoms with van der Waals surface area (Å²) < 4.78 is 18.0. The van der Waals surface area contributed by atoms with E-state index in [1.54, 1.807) is 0 Å². The molecule has 0 fully saturated rings. The van der Waals surface area contributed by atoms with Gasteiger partial charge in [0, 0.05) is 5.56 Å². The van der Waals surface area contributed by atoms with Crippen LogP contribution in [0.1, 0.15) is 29.1 Å². The molecule has 0 aliphatic rings. The maximum absolute atomic E-state index is 12.9. The summed E-state index contributed by atoms with van der Waals surface area (Å²) >= 11 is 0. The molecule has 0 saturated carbocycles. The summed E-state index contributed by atoms with van der Waals surface area (Å²) in [7, 11) is 0. The van der Waals surface area contributed by atoms with Gasteiger partial charge in [-0.25, -0.2) is 4.39 Å². The van der Waals surface area contributed by atoms with Crippen molar-refractivity contribution < 1.29 is 13.7 Å². The topological polar surface area (TPSA) is 68.0 Å². The third kappa shape index (κ3) is 3.42. The molecule has 0 unspecified atom stereocenters. The summed E-state index contributed by atoms with van der Waals surface area (Å²) in [5.74, 6) is -0.684. The van der Waals surface area contributed by atoms with Crippen molar-refractivity contribution in [1.29, 1.82) is 0 Å². The van der Waals surface area contributed by atoms with Gasteiger partial charge in [-0.2, -0.15) is 4.98 Å². The second-order valence-corrected chi connectivity index (χ2v) is 5.04. The molecule has 0 aliphatic heterocycles. The standard InChI is InChI=1S/C17H14FN3O2/c1-11(12-5-3-2-4-6-12)19-16(22)15-20-17(23-21-15)13-7-9-14(18)10-8-13/h2-11H,1H3,(H,19,22)/t11-/m0/s1. The molecular formula is C17H14FN3O2. The minimum absolute atomic E-state index is 0.0629. The molecule has 1 atom stereocenters. The second-order valence-electron chi connectivity index (χ2n) is 5.04. The Kier molecular flexibility index (Phi) is 4.14. The first kappa shape index (κ1) is 14.9. The van der Waals surface area contributed by atoms with Crippen LogP contribution in [0.3, 0.4) is 0 Å². The molecule has 6 heteroatoms. The molecule has 0 saturated heterocycles. The average molecular weight is 311 g/mol. The summed E-state index contributed by atoms with van der Waals surface area (Å²) in [6.45, 7) is 1.87. The number of nitrogens with one attached hydrogen (secondary N) is 1. The second kappa shape index (κ2) is 6.39. The highest BCUT2D eigenvalue weighted by molar-refractivity contribution is 5.90. The maximum Gasteiger partial charge on any atom is 0.293 e. The monoisotopic (exact) mass is 311 g/mol. The molecule has 0 aliphatic carbocycles. The molecule has 0 radical (unpaired) electrons. The smallest absolute Gasteiger partial charge is 0.293 e. The molecule has 1 aromatic heterocycles. The fraction of sp³-hybridized carbons (Fsp3) is 0.118. The fourth-order valence-electron chi connectivity index (χ4n) is 2.11. The number of aromatic nitrogens is 2. The number of halogens is 1. The van der Waals surface area contributed by atoms with Gasteiger partial charge in [0.15, 0.2) is 0 Å². The zero-order valence-corrected chi connectivity index (χ0v) is 12.4. The number of carbonyl (C=O) groups is 1. The van der Waals surface area contributed by atoms with E-state index in [0.29, 0.717) is 5.56 Å². The summed E-state index contributed by atoms with van der Waals surface area (Å²) in [4.78, 5) is 16.2. The van der Waals surface area contributed by atoms with E-state index in [4.69, 9.17) is 4.52 Å². The number of carbonyl (C=O) groups excluding carboxylic acids is 1. The Balaban J connectivity index is 1.72. The lowest BCUT2D eigenvalue weighted by molar-refractivity contribution is 0.0926. The first-order chi connectivity index (χ1) is 11.1. The molecular weight excluding hydrogens is 297 g/mol. The third-order valence-electron chi connectivity index (χ3n) is 3.37. The number of hydrogen-bond acceptors (Lipinski definition) is 4. The Labute approximate surface area is 132 Å². The van der Waals surface area contributed by atoms with E-state index < -0.39 is 5.91 Å². The van der Waals surface area contributed by atoms with Crippen molar-refractivity contribution in [1.82, 2.24) is 15.5 Å². The molecule has 1 amide bonds. The molecule has 3 aromatic rings. The van der Waals surface area contributed by atoms with Gasteiger partial charge in [0.05, 0.1) is 6.04 Å². The molecule has 5 nitrogen and oxygen atoms in total. The van der Waals surface area contributed by atoms with Gasteiger partial charge in [-0.3, -0.25) is 4.79 Å². The molecule has 3 rings (SSSR count). The lowest BCUT2D eigenvalue weighted by Crippen LogP contribution is -2.27. The SMILES string of the molecule is C[C@H](NC(=O)c1noc(-c2ccc(F)cc2)n1)c1ccccc1. The largest absolute Gasteiger partial charge is 0.343 e. The zero-order valence-electron chi connectivity index (χ0n) is 12.4. The van der Waals surface area contributed by atoms with Crippen LogP contribution >= 0.6 is 0 Å². The molecule has 23 heavy (non-hydrogen) atoms. The van der Waals surface area contributed by atoms with Crippen molar-refractivity contribution in [2.75, 3.05) is 0 Å². The van der Waals surface area contributed by atoms with Crippen LogP contribution in [-0.4, -0.2) is 16.0 Å². The predicted octanol–water partition coefficient (Wildman–Crippen LogP) is 3.37. The molecule has 0 spiro atoms. The summed E-state index contributed by atoms with van der Waals surface area (Å²) in [5.41, 5.74) is 1.53. The molecule has 2 aromatic carbocycles. The van der Waals surface area contributed by atoms with Gasteiger partial charge in [0.1, 0.15) is 5.82 Å². The van der Waals surface area contributed by atoms with Gasteiger partial charge in [-0.05, 0) is 36.8 Å². The minimum atomic E-state index is -0.432. The fourth-order valence-corrected chi connectivity index (χ4v) is 2.11. The quantitative estimate of drug-likeness (QED) is 0.802. The van der Waals surface area contributed by atoms with Crippen molar-refractivity contribution >= 4 is 5.91 Å². The zero-order chi connectivity index (χ0) is 16.2. The van der Waals surface area contributed by atoms with Gasteiger partial charge in [-0.15, -0.1) is 0 Å². The number of nitrogens with zero attached hydrogens (tertiary/aromatic N) is 2. The Morgan fingerprint density at radius 3 is 2.52 bits per heavy atom. The number of hydrogen-bond donors (Lipinski definition) is 1. The van der Waals surface area contributed by atoms with Crippen LogP contribution in [-0.2, 0) is 0 Å². The normalized spacial score (nSPS) is 11.9. The number of rotatable bonds is 4. The van der Waals surface area contributed by atoms with E-state index >= 15 is 0 Å². The Morgan fingerprint density at radius 2 is 1.83 bits per heavy atom. The average Bonchev–Trinajstić information content (AvgIpc) is 3.06. The lowest BCUT2D eigenvalue weighted by Gasteiger charge is -2.12. The van der Waals surface area contributed by atoms with Gasteiger partial charge in [0.2, 0.25) is 0 Å². The highest BCUT2D eigenvalue weighted by Gasteiger charge is 2.18. The lowest BCUT2D eigenvalue weighted by atomic mass is 10.1. The van der Waals surface area contributed by atoms with Crippen LogP contribution < -0.4 is 5.32 Å². The van der Waals surface area contributed by atoms with Gasteiger partial charge < -0.3 is 9.84 Å². The van der Waals surface area contributed by atoms with Crippen LogP contribution in [0, 0.1) is 5.82 Å².